The molecule has 4 fully saturated rings. The molecular weight excluding hydrogens is 162 g/mol. The Hall–Kier alpha value is -0.0800. The fourth-order valence-electron chi connectivity index (χ4n) is 2.99. The van der Waals surface area contributed by atoms with E-state index < -0.39 is 0 Å². The quantitative estimate of drug-likeness (QED) is 0.610. The Balaban J connectivity index is 1.77. The van der Waals surface area contributed by atoms with Gasteiger partial charge in [-0.15, -0.1) is 0 Å². The van der Waals surface area contributed by atoms with Crippen LogP contribution in [0.15, 0.2) is 0 Å². The van der Waals surface area contributed by atoms with Crippen LogP contribution in [-0.2, 0) is 4.74 Å². The summed E-state index contributed by atoms with van der Waals surface area (Å²) in [5.74, 6) is 0.876. The van der Waals surface area contributed by atoms with Gasteiger partial charge in [0.25, 0.3) is 0 Å². The molecular formula is C11H19NO. The van der Waals surface area contributed by atoms with Crippen LogP contribution in [0.4, 0.5) is 0 Å². The first-order valence-electron chi connectivity index (χ1n) is 5.70. The third-order valence-corrected chi connectivity index (χ3v) is 3.76. The predicted molar refractivity (Wildman–Crippen MR) is 51.7 cm³/mol. The Morgan fingerprint density at radius 1 is 1.15 bits per heavy atom. The summed E-state index contributed by atoms with van der Waals surface area (Å²) in [6.45, 7) is 4.61. The summed E-state index contributed by atoms with van der Waals surface area (Å²) < 4.78 is 5.84. The molecule has 3 saturated heterocycles. The van der Waals surface area contributed by atoms with Crippen molar-refractivity contribution in [1.29, 1.82) is 0 Å². The molecule has 4 rings (SSSR count). The van der Waals surface area contributed by atoms with Crippen molar-refractivity contribution in [3.63, 3.8) is 0 Å². The van der Waals surface area contributed by atoms with E-state index in [2.05, 4.69) is 11.8 Å². The highest BCUT2D eigenvalue weighted by atomic mass is 16.5. The lowest BCUT2D eigenvalue weighted by molar-refractivity contribution is -0.0533. The van der Waals surface area contributed by atoms with E-state index in [1.54, 1.807) is 0 Å². The average Bonchev–Trinajstić information content (AvgIpc) is 2.88. The second-order valence-electron chi connectivity index (χ2n) is 5.11. The number of ether oxygens (including phenoxy) is 1. The third-order valence-electron chi connectivity index (χ3n) is 3.76. The molecule has 0 spiro atoms. The van der Waals surface area contributed by atoms with Crippen LogP contribution in [0.5, 0.6) is 0 Å². The van der Waals surface area contributed by atoms with Crippen molar-refractivity contribution >= 4 is 0 Å². The molecule has 1 saturated carbocycles. The second kappa shape index (κ2) is 2.96. The van der Waals surface area contributed by atoms with Crippen LogP contribution in [-0.4, -0.2) is 36.2 Å². The minimum atomic E-state index is 0.550. The molecule has 0 aromatic heterocycles. The first-order chi connectivity index (χ1) is 6.33. The van der Waals surface area contributed by atoms with Gasteiger partial charge in [0.1, 0.15) is 0 Å². The first kappa shape index (κ1) is 8.25. The molecule has 0 aromatic carbocycles. The summed E-state index contributed by atoms with van der Waals surface area (Å²) in [7, 11) is 0. The molecule has 13 heavy (non-hydrogen) atoms. The normalized spacial score (nSPS) is 46.4. The number of hydrogen-bond donors (Lipinski definition) is 0. The van der Waals surface area contributed by atoms with Crippen molar-refractivity contribution in [1.82, 2.24) is 4.90 Å². The highest BCUT2D eigenvalue weighted by molar-refractivity contribution is 4.95. The van der Waals surface area contributed by atoms with Crippen LogP contribution in [0.25, 0.3) is 0 Å². The zero-order chi connectivity index (χ0) is 8.84. The number of rotatable bonds is 1. The molecule has 0 N–H and O–H groups in total. The molecule has 3 heterocycles. The van der Waals surface area contributed by atoms with Gasteiger partial charge in [-0.1, -0.05) is 6.92 Å². The van der Waals surface area contributed by atoms with Crippen molar-refractivity contribution < 1.29 is 4.74 Å². The first-order valence-corrected chi connectivity index (χ1v) is 5.70. The zero-order valence-electron chi connectivity index (χ0n) is 8.41. The number of fused-ring (bicyclic) bond motifs is 4. The largest absolute Gasteiger partial charge is 0.375 e. The van der Waals surface area contributed by atoms with E-state index in [4.69, 9.17) is 4.74 Å². The van der Waals surface area contributed by atoms with Gasteiger partial charge in [-0.05, 0) is 31.6 Å². The summed E-state index contributed by atoms with van der Waals surface area (Å²) in [5, 5.41) is 0. The standard InChI is InChI=1S/C11H19NO/c1-8-4-10-7-13-11(5-8)6-12(10)9-2-3-9/h8-11H,2-7H2,1H3. The lowest BCUT2D eigenvalue weighted by Gasteiger charge is -2.36. The second-order valence-corrected chi connectivity index (χ2v) is 5.11. The predicted octanol–water partition coefficient (Wildman–Crippen LogP) is 1.65. The van der Waals surface area contributed by atoms with Gasteiger partial charge in [-0.2, -0.15) is 0 Å². The summed E-state index contributed by atoms with van der Waals surface area (Å²) in [6.07, 6.45) is 6.09. The van der Waals surface area contributed by atoms with Crippen molar-refractivity contribution in [3.05, 3.63) is 0 Å². The number of morpholine rings is 1. The zero-order valence-corrected chi connectivity index (χ0v) is 8.41. The van der Waals surface area contributed by atoms with Gasteiger partial charge in [0.05, 0.1) is 12.7 Å². The molecule has 2 bridgehead atoms. The van der Waals surface area contributed by atoms with Gasteiger partial charge in [0.2, 0.25) is 0 Å². The molecule has 4 aliphatic rings. The SMILES string of the molecule is CC1CC2CN(C3CC3)C(CO2)C1. The van der Waals surface area contributed by atoms with Crippen LogP contribution in [0.2, 0.25) is 0 Å². The lowest BCUT2D eigenvalue weighted by Crippen LogP contribution is -2.48. The fourth-order valence-corrected chi connectivity index (χ4v) is 2.99. The van der Waals surface area contributed by atoms with Gasteiger partial charge in [-0.3, -0.25) is 4.90 Å². The maximum Gasteiger partial charge on any atom is 0.0705 e. The lowest BCUT2D eigenvalue weighted by atomic mass is 10.00. The van der Waals surface area contributed by atoms with E-state index in [1.165, 1.54) is 32.2 Å². The Labute approximate surface area is 80.2 Å². The van der Waals surface area contributed by atoms with Crippen LogP contribution in [0, 0.1) is 5.92 Å². The van der Waals surface area contributed by atoms with E-state index in [0.717, 1.165) is 24.6 Å². The third kappa shape index (κ3) is 1.50. The number of nitrogens with zero attached hydrogens (tertiary/aromatic N) is 1. The Morgan fingerprint density at radius 3 is 2.77 bits per heavy atom. The fraction of sp³-hybridized carbons (Fsp3) is 1.00. The molecule has 2 heteroatoms. The van der Waals surface area contributed by atoms with Gasteiger partial charge in [-0.25, -0.2) is 0 Å². The molecule has 3 unspecified atom stereocenters. The summed E-state index contributed by atoms with van der Waals surface area (Å²) in [4.78, 5) is 2.73. The van der Waals surface area contributed by atoms with E-state index in [-0.39, 0.29) is 0 Å². The van der Waals surface area contributed by atoms with Gasteiger partial charge in [0, 0.05) is 18.6 Å². The minimum absolute atomic E-state index is 0.550. The minimum Gasteiger partial charge on any atom is -0.375 e. The molecule has 2 nitrogen and oxygen atoms in total. The summed E-state index contributed by atoms with van der Waals surface area (Å²) >= 11 is 0. The highest BCUT2D eigenvalue weighted by Gasteiger charge is 2.41. The Bertz CT molecular complexity index is 202. The average molecular weight is 181 g/mol. The number of hydrogen-bond acceptors (Lipinski definition) is 2. The Morgan fingerprint density at radius 2 is 2.00 bits per heavy atom. The van der Waals surface area contributed by atoms with Gasteiger partial charge >= 0.3 is 0 Å². The summed E-state index contributed by atoms with van der Waals surface area (Å²) in [5.41, 5.74) is 0. The van der Waals surface area contributed by atoms with Crippen molar-refractivity contribution in [2.75, 3.05) is 13.2 Å². The van der Waals surface area contributed by atoms with Crippen molar-refractivity contribution in [3.8, 4) is 0 Å². The molecule has 0 radical (unpaired) electrons. The maximum atomic E-state index is 5.84. The highest BCUT2D eigenvalue weighted by Crippen LogP contribution is 2.36. The van der Waals surface area contributed by atoms with E-state index >= 15 is 0 Å². The topological polar surface area (TPSA) is 12.5 Å². The van der Waals surface area contributed by atoms with E-state index in [0.29, 0.717) is 6.10 Å². The summed E-state index contributed by atoms with van der Waals surface area (Å²) in [6, 6.07) is 1.68. The van der Waals surface area contributed by atoms with Crippen LogP contribution in [0.1, 0.15) is 32.6 Å². The van der Waals surface area contributed by atoms with Crippen LogP contribution < -0.4 is 0 Å². The molecule has 1 aliphatic carbocycles. The van der Waals surface area contributed by atoms with Crippen molar-refractivity contribution in [2.24, 2.45) is 5.92 Å². The van der Waals surface area contributed by atoms with Crippen molar-refractivity contribution in [2.45, 2.75) is 50.8 Å². The van der Waals surface area contributed by atoms with E-state index in [9.17, 15) is 0 Å². The molecule has 0 aromatic rings. The molecule has 0 amide bonds. The van der Waals surface area contributed by atoms with Crippen LogP contribution >= 0.6 is 0 Å². The maximum absolute atomic E-state index is 5.84. The smallest absolute Gasteiger partial charge is 0.0705 e. The van der Waals surface area contributed by atoms with Gasteiger partial charge < -0.3 is 4.74 Å². The van der Waals surface area contributed by atoms with Gasteiger partial charge in [0.15, 0.2) is 0 Å². The van der Waals surface area contributed by atoms with E-state index in [1.807, 2.05) is 0 Å². The van der Waals surface area contributed by atoms with Crippen LogP contribution in [0.3, 0.4) is 0 Å². The molecule has 3 atom stereocenters. The Kier molecular flexibility index (Phi) is 1.88. The molecule has 3 aliphatic heterocycles. The molecule has 74 valence electrons. The monoisotopic (exact) mass is 181 g/mol.